The van der Waals surface area contributed by atoms with Crippen molar-refractivity contribution in [1.82, 2.24) is 9.38 Å². The zero-order valence-electron chi connectivity index (χ0n) is 14.8. The van der Waals surface area contributed by atoms with Gasteiger partial charge in [-0.25, -0.2) is 4.98 Å². The molecule has 1 aliphatic heterocycles. The molecular formula is C20H22N4O2. The first kappa shape index (κ1) is 16.6. The van der Waals surface area contributed by atoms with Gasteiger partial charge in [-0.1, -0.05) is 24.3 Å². The largest absolute Gasteiger partial charge is 0.378 e. The Hall–Kier alpha value is -2.86. The van der Waals surface area contributed by atoms with Crippen LogP contribution >= 0.6 is 0 Å². The molecule has 0 aliphatic carbocycles. The Labute approximate surface area is 152 Å². The molecule has 0 spiro atoms. The molecule has 3 aromatic rings. The van der Waals surface area contributed by atoms with E-state index in [2.05, 4.69) is 17.1 Å². The number of anilines is 2. The zero-order chi connectivity index (χ0) is 17.9. The van der Waals surface area contributed by atoms with Gasteiger partial charge in [-0.15, -0.1) is 0 Å². The Morgan fingerprint density at radius 3 is 2.65 bits per heavy atom. The van der Waals surface area contributed by atoms with Crippen molar-refractivity contribution in [3.63, 3.8) is 0 Å². The summed E-state index contributed by atoms with van der Waals surface area (Å²) in [6, 6.07) is 15.6. The second-order valence-electron chi connectivity index (χ2n) is 6.44. The number of morpholine rings is 1. The number of hydrogen-bond acceptors (Lipinski definition) is 5. The van der Waals surface area contributed by atoms with E-state index in [9.17, 15) is 4.79 Å². The van der Waals surface area contributed by atoms with Crippen molar-refractivity contribution in [2.24, 2.45) is 0 Å². The Morgan fingerprint density at radius 1 is 1.12 bits per heavy atom. The molecule has 2 aromatic heterocycles. The van der Waals surface area contributed by atoms with Gasteiger partial charge in [0.2, 0.25) is 0 Å². The number of nitrogens with one attached hydrogen (secondary N) is 1. The monoisotopic (exact) mass is 350 g/mol. The average molecular weight is 350 g/mol. The van der Waals surface area contributed by atoms with E-state index >= 15 is 0 Å². The minimum Gasteiger partial charge on any atom is -0.378 e. The molecule has 0 amide bonds. The minimum absolute atomic E-state index is 0.0143. The van der Waals surface area contributed by atoms with Crippen LogP contribution in [0.4, 0.5) is 11.5 Å². The average Bonchev–Trinajstić information content (AvgIpc) is 2.69. The van der Waals surface area contributed by atoms with Crippen molar-refractivity contribution < 1.29 is 4.74 Å². The van der Waals surface area contributed by atoms with Gasteiger partial charge in [-0.3, -0.25) is 9.20 Å². The van der Waals surface area contributed by atoms with Crippen LogP contribution in [-0.2, 0) is 4.74 Å². The number of aromatic nitrogens is 2. The maximum atomic E-state index is 12.6. The van der Waals surface area contributed by atoms with Crippen molar-refractivity contribution in [3.8, 4) is 0 Å². The van der Waals surface area contributed by atoms with E-state index < -0.39 is 0 Å². The quantitative estimate of drug-likeness (QED) is 0.784. The van der Waals surface area contributed by atoms with Crippen molar-refractivity contribution in [3.05, 3.63) is 70.6 Å². The molecule has 1 aromatic carbocycles. The third kappa shape index (κ3) is 3.28. The molecule has 0 radical (unpaired) electrons. The van der Waals surface area contributed by atoms with Crippen molar-refractivity contribution in [2.45, 2.75) is 13.0 Å². The van der Waals surface area contributed by atoms with Crippen LogP contribution in [0.5, 0.6) is 0 Å². The van der Waals surface area contributed by atoms with E-state index in [1.807, 2.05) is 42.5 Å². The molecule has 1 fully saturated rings. The first-order valence-corrected chi connectivity index (χ1v) is 8.89. The summed E-state index contributed by atoms with van der Waals surface area (Å²) in [5.74, 6) is 0.720. The number of benzene rings is 1. The van der Waals surface area contributed by atoms with Crippen LogP contribution in [0.2, 0.25) is 0 Å². The van der Waals surface area contributed by atoms with Crippen LogP contribution < -0.4 is 15.8 Å². The van der Waals surface area contributed by atoms with E-state index in [0.29, 0.717) is 18.9 Å². The van der Waals surface area contributed by atoms with Crippen LogP contribution in [0.15, 0.2) is 59.5 Å². The molecule has 1 N–H and O–H groups in total. The van der Waals surface area contributed by atoms with E-state index in [-0.39, 0.29) is 11.6 Å². The van der Waals surface area contributed by atoms with Crippen molar-refractivity contribution in [1.29, 1.82) is 0 Å². The number of nitrogens with zero attached hydrogens (tertiary/aromatic N) is 3. The van der Waals surface area contributed by atoms with E-state index in [1.54, 1.807) is 16.7 Å². The molecule has 6 heteroatoms. The smallest absolute Gasteiger partial charge is 0.259 e. The molecule has 0 saturated carbocycles. The maximum Gasteiger partial charge on any atom is 0.259 e. The molecular weight excluding hydrogens is 328 g/mol. The van der Waals surface area contributed by atoms with E-state index in [1.165, 1.54) is 0 Å². The number of rotatable bonds is 4. The maximum absolute atomic E-state index is 12.6. The summed E-state index contributed by atoms with van der Waals surface area (Å²) < 4.78 is 7.02. The number of para-hydroxylation sites is 1. The lowest BCUT2D eigenvalue weighted by molar-refractivity contribution is 0.122. The van der Waals surface area contributed by atoms with Crippen LogP contribution in [0.3, 0.4) is 0 Å². The van der Waals surface area contributed by atoms with Crippen LogP contribution in [0.1, 0.15) is 18.5 Å². The van der Waals surface area contributed by atoms with Crippen LogP contribution in [0, 0.1) is 0 Å². The van der Waals surface area contributed by atoms with Gasteiger partial charge in [0.15, 0.2) is 0 Å². The summed E-state index contributed by atoms with van der Waals surface area (Å²) in [7, 11) is 0. The number of pyridine rings is 1. The van der Waals surface area contributed by atoms with Gasteiger partial charge in [-0.2, -0.15) is 0 Å². The third-order valence-corrected chi connectivity index (χ3v) is 4.67. The summed E-state index contributed by atoms with van der Waals surface area (Å²) >= 11 is 0. The summed E-state index contributed by atoms with van der Waals surface area (Å²) in [5.41, 5.74) is 2.65. The molecule has 3 heterocycles. The van der Waals surface area contributed by atoms with E-state index in [0.717, 1.165) is 30.2 Å². The van der Waals surface area contributed by atoms with Crippen LogP contribution in [-0.4, -0.2) is 35.7 Å². The molecule has 1 atom stereocenters. The molecule has 1 saturated heterocycles. The minimum atomic E-state index is -0.0646. The lowest BCUT2D eigenvalue weighted by Gasteiger charge is -2.28. The van der Waals surface area contributed by atoms with Gasteiger partial charge in [0, 0.05) is 36.6 Å². The first-order valence-electron chi connectivity index (χ1n) is 8.89. The molecule has 4 rings (SSSR count). The molecule has 0 bridgehead atoms. The first-order chi connectivity index (χ1) is 12.7. The van der Waals surface area contributed by atoms with Gasteiger partial charge >= 0.3 is 0 Å². The highest BCUT2D eigenvalue weighted by Crippen LogP contribution is 2.23. The Bertz CT molecular complexity index is 949. The predicted octanol–water partition coefficient (Wildman–Crippen LogP) is 2.70. The summed E-state index contributed by atoms with van der Waals surface area (Å²) in [4.78, 5) is 19.5. The normalized spacial score (nSPS) is 15.8. The van der Waals surface area contributed by atoms with E-state index in [4.69, 9.17) is 9.72 Å². The Balaban J connectivity index is 1.74. The summed E-state index contributed by atoms with van der Waals surface area (Å²) in [6.07, 6.45) is 1.77. The fourth-order valence-corrected chi connectivity index (χ4v) is 3.29. The molecule has 26 heavy (non-hydrogen) atoms. The molecule has 1 unspecified atom stereocenters. The van der Waals surface area contributed by atoms with Crippen molar-refractivity contribution in [2.75, 3.05) is 36.5 Å². The van der Waals surface area contributed by atoms with Gasteiger partial charge < -0.3 is 15.0 Å². The summed E-state index contributed by atoms with van der Waals surface area (Å²) in [5, 5.41) is 3.48. The van der Waals surface area contributed by atoms with Crippen LogP contribution in [0.25, 0.3) is 5.65 Å². The highest BCUT2D eigenvalue weighted by Gasteiger charge is 2.17. The second-order valence-corrected chi connectivity index (χ2v) is 6.44. The third-order valence-electron chi connectivity index (χ3n) is 4.67. The molecule has 134 valence electrons. The SMILES string of the molecule is CC(Nc1ccccc1)c1cccn2c(=O)cc(N3CCOCC3)nc12. The highest BCUT2D eigenvalue weighted by atomic mass is 16.5. The Morgan fingerprint density at radius 2 is 1.88 bits per heavy atom. The molecule has 6 nitrogen and oxygen atoms in total. The van der Waals surface area contributed by atoms with Gasteiger partial charge in [0.1, 0.15) is 11.5 Å². The highest BCUT2D eigenvalue weighted by molar-refractivity contribution is 5.57. The number of ether oxygens (including phenoxy) is 1. The lowest BCUT2D eigenvalue weighted by atomic mass is 10.1. The Kier molecular flexibility index (Phi) is 4.58. The van der Waals surface area contributed by atoms with Gasteiger partial charge in [0.25, 0.3) is 5.56 Å². The topological polar surface area (TPSA) is 58.9 Å². The zero-order valence-corrected chi connectivity index (χ0v) is 14.8. The lowest BCUT2D eigenvalue weighted by Crippen LogP contribution is -2.37. The standard InChI is InChI=1S/C20H22N4O2/c1-15(21-16-6-3-2-4-7-16)17-8-5-9-24-19(25)14-18(22-20(17)24)23-10-12-26-13-11-23/h2-9,14-15,21H,10-13H2,1H3. The van der Waals surface area contributed by atoms with Crippen molar-refractivity contribution >= 4 is 17.2 Å². The fourth-order valence-electron chi connectivity index (χ4n) is 3.29. The second kappa shape index (κ2) is 7.17. The summed E-state index contributed by atoms with van der Waals surface area (Å²) in [6.45, 7) is 4.91. The molecule has 1 aliphatic rings. The number of hydrogen-bond donors (Lipinski definition) is 1. The fraction of sp³-hybridized carbons (Fsp3) is 0.300. The predicted molar refractivity (Wildman–Crippen MR) is 103 cm³/mol. The van der Waals surface area contributed by atoms with Gasteiger partial charge in [0.05, 0.1) is 19.3 Å². The number of fused-ring (bicyclic) bond motifs is 1. The van der Waals surface area contributed by atoms with Gasteiger partial charge in [-0.05, 0) is 25.1 Å².